The molecule has 1 fully saturated rings. The number of carbonyl (C=O) groups excluding carboxylic acids is 1. The first-order valence-corrected chi connectivity index (χ1v) is 9.04. The number of nitrogens with one attached hydrogen (secondary N) is 1. The molecule has 122 valence electrons. The molecule has 1 aliphatic carbocycles. The van der Waals surface area contributed by atoms with Gasteiger partial charge in [0.1, 0.15) is 0 Å². The molecule has 1 saturated carbocycles. The standard InChI is InChI=1S/C16H23NO4S/c1-11-6-4-9-15(12(11)2)17-22(19,20)14-8-5-7-13(10-14)16(18)21-3/h5,7-8,10-12,15,17H,4,6,9H2,1-3H3/t11-,12-,15+/m0/s1. The highest BCUT2D eigenvalue weighted by molar-refractivity contribution is 7.89. The van der Waals surface area contributed by atoms with Crippen LogP contribution in [0.5, 0.6) is 0 Å². The SMILES string of the molecule is COC(=O)c1cccc(S(=O)(=O)N[C@@H]2CCC[C@H](C)[C@@H]2C)c1. The predicted molar refractivity (Wildman–Crippen MR) is 84.1 cm³/mol. The molecule has 0 unspecified atom stereocenters. The summed E-state index contributed by atoms with van der Waals surface area (Å²) in [7, 11) is -2.37. The van der Waals surface area contributed by atoms with Crippen LogP contribution < -0.4 is 4.72 Å². The van der Waals surface area contributed by atoms with Gasteiger partial charge in [0, 0.05) is 6.04 Å². The number of hydrogen-bond donors (Lipinski definition) is 1. The maximum Gasteiger partial charge on any atom is 0.337 e. The Morgan fingerprint density at radius 3 is 2.68 bits per heavy atom. The van der Waals surface area contributed by atoms with Crippen molar-refractivity contribution < 1.29 is 17.9 Å². The highest BCUT2D eigenvalue weighted by Gasteiger charge is 2.30. The van der Waals surface area contributed by atoms with Crippen LogP contribution in [0.25, 0.3) is 0 Å². The Kier molecular flexibility index (Phi) is 5.24. The molecule has 0 bridgehead atoms. The summed E-state index contributed by atoms with van der Waals surface area (Å²) < 4.78 is 32.5. The molecule has 22 heavy (non-hydrogen) atoms. The van der Waals surface area contributed by atoms with Crippen LogP contribution in [0, 0.1) is 11.8 Å². The summed E-state index contributed by atoms with van der Waals surface area (Å²) >= 11 is 0. The number of methoxy groups -OCH3 is 1. The summed E-state index contributed by atoms with van der Waals surface area (Å²) in [5.74, 6) is 0.256. The molecule has 0 aromatic heterocycles. The Morgan fingerprint density at radius 1 is 1.27 bits per heavy atom. The van der Waals surface area contributed by atoms with E-state index in [0.717, 1.165) is 19.3 Å². The highest BCUT2D eigenvalue weighted by atomic mass is 32.2. The molecule has 1 aromatic carbocycles. The monoisotopic (exact) mass is 325 g/mol. The number of esters is 1. The first-order valence-electron chi connectivity index (χ1n) is 7.56. The van der Waals surface area contributed by atoms with Crippen molar-refractivity contribution in [3.63, 3.8) is 0 Å². The van der Waals surface area contributed by atoms with Gasteiger partial charge in [0.15, 0.2) is 0 Å². The molecule has 1 aromatic rings. The quantitative estimate of drug-likeness (QED) is 0.864. The zero-order valence-electron chi connectivity index (χ0n) is 13.2. The minimum atomic E-state index is -3.64. The number of hydrogen-bond acceptors (Lipinski definition) is 4. The topological polar surface area (TPSA) is 72.5 Å². The van der Waals surface area contributed by atoms with Gasteiger partial charge in [-0.15, -0.1) is 0 Å². The largest absolute Gasteiger partial charge is 0.465 e. The Morgan fingerprint density at radius 2 is 2.00 bits per heavy atom. The van der Waals surface area contributed by atoms with Gasteiger partial charge in [-0.25, -0.2) is 17.9 Å². The van der Waals surface area contributed by atoms with Gasteiger partial charge < -0.3 is 4.74 Å². The lowest BCUT2D eigenvalue weighted by atomic mass is 9.78. The minimum Gasteiger partial charge on any atom is -0.465 e. The van der Waals surface area contributed by atoms with Crippen molar-refractivity contribution in [1.82, 2.24) is 4.72 Å². The van der Waals surface area contributed by atoms with Crippen LogP contribution in [0.1, 0.15) is 43.5 Å². The van der Waals surface area contributed by atoms with Crippen LogP contribution in [-0.4, -0.2) is 27.5 Å². The summed E-state index contributed by atoms with van der Waals surface area (Å²) in [6.07, 6.45) is 3.01. The Bertz CT molecular complexity index is 641. The minimum absolute atomic E-state index is 0.0597. The number of rotatable bonds is 4. The van der Waals surface area contributed by atoms with Gasteiger partial charge in [0.2, 0.25) is 10.0 Å². The Balaban J connectivity index is 2.21. The molecule has 0 radical (unpaired) electrons. The fourth-order valence-corrected chi connectivity index (χ4v) is 4.33. The third-order valence-corrected chi connectivity index (χ3v) is 6.07. The third-order valence-electron chi connectivity index (χ3n) is 4.58. The van der Waals surface area contributed by atoms with Crippen molar-refractivity contribution in [3.8, 4) is 0 Å². The molecule has 5 nitrogen and oxygen atoms in total. The second-order valence-corrected chi connectivity index (χ2v) is 7.73. The molecule has 0 heterocycles. The normalized spacial score (nSPS) is 25.7. The maximum absolute atomic E-state index is 12.6. The van der Waals surface area contributed by atoms with Crippen molar-refractivity contribution in [1.29, 1.82) is 0 Å². The molecule has 3 atom stereocenters. The summed E-state index contributed by atoms with van der Waals surface area (Å²) in [6, 6.07) is 5.87. The number of sulfonamides is 1. The van der Waals surface area contributed by atoms with E-state index in [0.29, 0.717) is 11.8 Å². The van der Waals surface area contributed by atoms with Crippen LogP contribution in [0.2, 0.25) is 0 Å². The lowest BCUT2D eigenvalue weighted by Gasteiger charge is -2.34. The Labute approximate surface area is 132 Å². The fourth-order valence-electron chi connectivity index (χ4n) is 2.92. The van der Waals surface area contributed by atoms with Gasteiger partial charge in [0.25, 0.3) is 0 Å². The lowest BCUT2D eigenvalue weighted by Crippen LogP contribution is -2.43. The van der Waals surface area contributed by atoms with Crippen molar-refractivity contribution in [3.05, 3.63) is 29.8 Å². The van der Waals surface area contributed by atoms with Gasteiger partial charge >= 0.3 is 5.97 Å². The van der Waals surface area contributed by atoms with Gasteiger partial charge in [-0.2, -0.15) is 0 Å². The summed E-state index contributed by atoms with van der Waals surface area (Å²) in [6.45, 7) is 4.24. The second-order valence-electron chi connectivity index (χ2n) is 6.01. The van der Waals surface area contributed by atoms with E-state index < -0.39 is 16.0 Å². The van der Waals surface area contributed by atoms with Crippen LogP contribution in [0.4, 0.5) is 0 Å². The summed E-state index contributed by atoms with van der Waals surface area (Å²) in [5, 5.41) is 0. The smallest absolute Gasteiger partial charge is 0.337 e. The van der Waals surface area contributed by atoms with E-state index in [1.165, 1.54) is 25.3 Å². The third kappa shape index (κ3) is 3.67. The van der Waals surface area contributed by atoms with Crippen LogP contribution in [0.15, 0.2) is 29.2 Å². The van der Waals surface area contributed by atoms with Gasteiger partial charge in [-0.3, -0.25) is 0 Å². The zero-order chi connectivity index (χ0) is 16.3. The van der Waals surface area contributed by atoms with E-state index in [4.69, 9.17) is 0 Å². The zero-order valence-corrected chi connectivity index (χ0v) is 14.0. The molecule has 0 amide bonds. The van der Waals surface area contributed by atoms with E-state index in [-0.39, 0.29) is 16.5 Å². The summed E-state index contributed by atoms with van der Waals surface area (Å²) in [5.41, 5.74) is 0.232. The number of ether oxygens (including phenoxy) is 1. The van der Waals surface area contributed by atoms with Crippen molar-refractivity contribution >= 4 is 16.0 Å². The predicted octanol–water partition coefficient (Wildman–Crippen LogP) is 2.58. The van der Waals surface area contributed by atoms with Crippen LogP contribution >= 0.6 is 0 Å². The first kappa shape index (κ1) is 17.0. The van der Waals surface area contributed by atoms with Crippen LogP contribution in [0.3, 0.4) is 0 Å². The first-order chi connectivity index (χ1) is 10.3. The van der Waals surface area contributed by atoms with Crippen molar-refractivity contribution in [2.24, 2.45) is 11.8 Å². The number of carbonyl (C=O) groups is 1. The molecule has 1 N–H and O–H groups in total. The van der Waals surface area contributed by atoms with E-state index in [9.17, 15) is 13.2 Å². The van der Waals surface area contributed by atoms with Crippen LogP contribution in [-0.2, 0) is 14.8 Å². The summed E-state index contributed by atoms with van der Waals surface area (Å²) in [4.78, 5) is 11.6. The molecule has 2 rings (SSSR count). The molecule has 6 heteroatoms. The van der Waals surface area contributed by atoms with Gasteiger partial charge in [0.05, 0.1) is 17.6 Å². The van der Waals surface area contributed by atoms with E-state index in [1.807, 2.05) is 0 Å². The molecule has 0 aliphatic heterocycles. The molecule has 0 saturated heterocycles. The van der Waals surface area contributed by atoms with E-state index in [1.54, 1.807) is 6.07 Å². The molecule has 1 aliphatic rings. The second kappa shape index (κ2) is 6.79. The Hall–Kier alpha value is -1.40. The molecular formula is C16H23NO4S. The molecular weight excluding hydrogens is 302 g/mol. The van der Waals surface area contributed by atoms with E-state index in [2.05, 4.69) is 23.3 Å². The van der Waals surface area contributed by atoms with Gasteiger partial charge in [-0.1, -0.05) is 32.8 Å². The fraction of sp³-hybridized carbons (Fsp3) is 0.562. The highest BCUT2D eigenvalue weighted by Crippen LogP contribution is 2.30. The maximum atomic E-state index is 12.6. The van der Waals surface area contributed by atoms with Gasteiger partial charge in [-0.05, 0) is 36.5 Å². The molecule has 0 spiro atoms. The number of benzene rings is 1. The van der Waals surface area contributed by atoms with E-state index >= 15 is 0 Å². The van der Waals surface area contributed by atoms with Crippen molar-refractivity contribution in [2.75, 3.05) is 7.11 Å². The average molecular weight is 325 g/mol. The lowest BCUT2D eigenvalue weighted by molar-refractivity contribution is 0.0600. The van der Waals surface area contributed by atoms with Crippen molar-refractivity contribution in [2.45, 2.75) is 44.0 Å². The average Bonchev–Trinajstić information content (AvgIpc) is 2.51.